The molecule has 0 unspecified atom stereocenters. The molecule has 3 aromatic rings. The summed E-state index contributed by atoms with van der Waals surface area (Å²) in [5, 5.41) is 8.85. The number of carbonyl (C=O) groups excluding carboxylic acids is 1. The molecule has 0 amide bonds. The number of esters is 1. The molecule has 4 rings (SSSR count). The molecule has 8 nitrogen and oxygen atoms in total. The minimum atomic E-state index is -1.08. The number of hydrogen-bond donors (Lipinski definition) is 1. The number of aromatic nitrogens is 1. The van der Waals surface area contributed by atoms with Crippen molar-refractivity contribution in [2.75, 3.05) is 12.9 Å². The number of ether oxygens (including phenoxy) is 2. The molecule has 2 aromatic carbocycles. The lowest BCUT2D eigenvalue weighted by molar-refractivity contribution is -0.143. The molecule has 1 atom stereocenters. The van der Waals surface area contributed by atoms with Crippen LogP contribution in [0.25, 0.3) is 6.08 Å². The smallest absolute Gasteiger partial charge is 0.341 e. The molecular weight excluding hydrogens is 592 g/mol. The molecule has 0 fully saturated rings. The monoisotopic (exact) mass is 616 g/mol. The number of rotatable bonds is 8. The number of carboxylic acids is 1. The Kier molecular flexibility index (Phi) is 8.59. The molecule has 1 N–H and O–H groups in total. The van der Waals surface area contributed by atoms with E-state index < -0.39 is 24.6 Å². The van der Waals surface area contributed by atoms with Crippen LogP contribution in [0.2, 0.25) is 0 Å². The number of thiazole rings is 1. The van der Waals surface area contributed by atoms with E-state index in [4.69, 9.17) is 14.6 Å². The number of halogens is 1. The summed E-state index contributed by atoms with van der Waals surface area (Å²) in [6.07, 6.45) is 3.39. The molecule has 1 aliphatic heterocycles. The van der Waals surface area contributed by atoms with Crippen molar-refractivity contribution in [1.29, 1.82) is 0 Å². The molecule has 2 heterocycles. The summed E-state index contributed by atoms with van der Waals surface area (Å²) in [4.78, 5) is 43.9. The number of benzene rings is 2. The maximum Gasteiger partial charge on any atom is 0.341 e. The molecule has 0 aliphatic carbocycles. The number of allylic oxidation sites excluding steroid dienone is 1. The van der Waals surface area contributed by atoms with Crippen LogP contribution < -0.4 is 19.6 Å². The van der Waals surface area contributed by atoms with Gasteiger partial charge in [0.05, 0.1) is 32.4 Å². The minimum absolute atomic E-state index is 0.280. The van der Waals surface area contributed by atoms with Crippen molar-refractivity contribution >= 4 is 57.0 Å². The highest BCUT2D eigenvalue weighted by Gasteiger charge is 2.33. The summed E-state index contributed by atoms with van der Waals surface area (Å²) in [6, 6.07) is 12.2. The number of aliphatic carboxylic acids is 1. The first-order valence-corrected chi connectivity index (χ1v) is 14.4. The maximum atomic E-state index is 13.8. The maximum absolute atomic E-state index is 13.8. The number of carbonyl (C=O) groups is 2. The van der Waals surface area contributed by atoms with Crippen LogP contribution in [0.1, 0.15) is 37.9 Å². The molecule has 0 radical (unpaired) electrons. The van der Waals surface area contributed by atoms with Crippen LogP contribution in [-0.4, -0.2) is 40.6 Å². The topological polar surface area (TPSA) is 107 Å². The highest BCUT2D eigenvalue weighted by atomic mass is 79.9. The van der Waals surface area contributed by atoms with Gasteiger partial charge in [-0.25, -0.2) is 14.6 Å². The lowest BCUT2D eigenvalue weighted by atomic mass is 9.96. The highest BCUT2D eigenvalue weighted by molar-refractivity contribution is 9.10. The van der Waals surface area contributed by atoms with E-state index in [1.165, 1.54) is 11.3 Å². The van der Waals surface area contributed by atoms with Gasteiger partial charge in [0.25, 0.3) is 5.56 Å². The summed E-state index contributed by atoms with van der Waals surface area (Å²) >= 11 is 6.23. The Balaban J connectivity index is 1.83. The fraction of sp³-hybridized carbons (Fsp3) is 0.259. The zero-order chi connectivity index (χ0) is 27.6. The van der Waals surface area contributed by atoms with E-state index >= 15 is 0 Å². The molecule has 1 aliphatic rings. The average Bonchev–Trinajstić information content (AvgIpc) is 3.16. The summed E-state index contributed by atoms with van der Waals surface area (Å²) in [6.45, 7) is 4.85. The third kappa shape index (κ3) is 5.95. The van der Waals surface area contributed by atoms with Gasteiger partial charge >= 0.3 is 11.9 Å². The van der Waals surface area contributed by atoms with Gasteiger partial charge in [-0.15, -0.1) is 11.8 Å². The van der Waals surface area contributed by atoms with Crippen molar-refractivity contribution < 1.29 is 24.2 Å². The number of carboxylic acid groups (broad SMARTS) is 1. The standard InChI is InChI=1S/C27H25BrN2O6S2/c1-14(2)36-26(34)23-15(3)29-27-30(24(23)17-6-8-18(37-4)9-7-17)25(33)21(38-27)12-16-5-10-20(19(28)11-16)35-13-22(31)32/h5-12,14,24H,13H2,1-4H3,(H,31,32)/b21-12-/t24-/m1/s1. The van der Waals surface area contributed by atoms with E-state index in [2.05, 4.69) is 20.9 Å². The second-order valence-corrected chi connectivity index (χ2v) is 11.4. The second kappa shape index (κ2) is 11.7. The molecule has 198 valence electrons. The van der Waals surface area contributed by atoms with Gasteiger partial charge in [0, 0.05) is 4.90 Å². The van der Waals surface area contributed by atoms with Crippen LogP contribution in [0.4, 0.5) is 0 Å². The van der Waals surface area contributed by atoms with Crippen molar-refractivity contribution in [3.8, 4) is 5.75 Å². The van der Waals surface area contributed by atoms with E-state index in [0.717, 1.165) is 10.5 Å². The summed E-state index contributed by atoms with van der Waals surface area (Å²) in [5.41, 5.74) is 2.05. The summed E-state index contributed by atoms with van der Waals surface area (Å²) in [5.74, 6) is -1.20. The molecule has 0 bridgehead atoms. The largest absolute Gasteiger partial charge is 0.481 e. The second-order valence-electron chi connectivity index (χ2n) is 8.68. The molecule has 1 aromatic heterocycles. The lowest BCUT2D eigenvalue weighted by Crippen LogP contribution is -2.40. The van der Waals surface area contributed by atoms with Crippen molar-refractivity contribution in [2.45, 2.75) is 37.8 Å². The molecule has 38 heavy (non-hydrogen) atoms. The first kappa shape index (κ1) is 27.9. The summed E-state index contributed by atoms with van der Waals surface area (Å²) < 4.78 is 13.3. The van der Waals surface area contributed by atoms with Crippen molar-refractivity contribution in [2.24, 2.45) is 4.99 Å². The normalized spacial score (nSPS) is 15.3. The Morgan fingerprint density at radius 2 is 1.95 bits per heavy atom. The molecular formula is C27H25BrN2O6S2. The number of hydrogen-bond acceptors (Lipinski definition) is 8. The fourth-order valence-corrected chi connectivity index (χ4v) is 5.94. The van der Waals surface area contributed by atoms with E-state index in [1.807, 2.05) is 30.5 Å². The Labute approximate surface area is 235 Å². The van der Waals surface area contributed by atoms with E-state index in [9.17, 15) is 14.4 Å². The van der Waals surface area contributed by atoms with Crippen LogP contribution in [-0.2, 0) is 14.3 Å². The van der Waals surface area contributed by atoms with Crippen LogP contribution >= 0.6 is 39.0 Å². The molecule has 11 heteroatoms. The van der Waals surface area contributed by atoms with Gasteiger partial charge < -0.3 is 14.6 Å². The van der Waals surface area contributed by atoms with Crippen molar-refractivity contribution in [3.05, 3.63) is 89.0 Å². The first-order valence-electron chi connectivity index (χ1n) is 11.6. The highest BCUT2D eigenvalue weighted by Crippen LogP contribution is 2.32. The zero-order valence-corrected chi connectivity index (χ0v) is 24.3. The lowest BCUT2D eigenvalue weighted by Gasteiger charge is -2.25. The third-order valence-corrected chi connectivity index (χ3v) is 7.97. The molecule has 0 saturated heterocycles. The van der Waals surface area contributed by atoms with Gasteiger partial charge in [-0.3, -0.25) is 9.36 Å². The van der Waals surface area contributed by atoms with Crippen LogP contribution in [0.15, 0.2) is 72.9 Å². The predicted octanol–water partition coefficient (Wildman–Crippen LogP) is 4.13. The van der Waals surface area contributed by atoms with Crippen LogP contribution in [0.3, 0.4) is 0 Å². The summed E-state index contributed by atoms with van der Waals surface area (Å²) in [7, 11) is 0. The van der Waals surface area contributed by atoms with Gasteiger partial charge in [-0.2, -0.15) is 0 Å². The SMILES string of the molecule is CSc1ccc([C@@H]2C(C(=O)OC(C)C)=C(C)N=c3s/c(=C\c4ccc(OCC(=O)O)c(Br)c4)c(=O)n32)cc1. The van der Waals surface area contributed by atoms with Crippen molar-refractivity contribution in [3.63, 3.8) is 0 Å². The minimum Gasteiger partial charge on any atom is -0.481 e. The Morgan fingerprint density at radius 3 is 2.55 bits per heavy atom. The van der Waals surface area contributed by atoms with Gasteiger partial charge in [-0.05, 0) is 84.4 Å². The quantitative estimate of drug-likeness (QED) is 0.299. The van der Waals surface area contributed by atoms with Crippen molar-refractivity contribution in [1.82, 2.24) is 4.57 Å². The van der Waals surface area contributed by atoms with E-state index in [1.54, 1.807) is 61.4 Å². The first-order chi connectivity index (χ1) is 18.1. The van der Waals surface area contributed by atoms with Gasteiger partial charge in [-0.1, -0.05) is 29.5 Å². The Bertz CT molecular complexity index is 1610. The predicted molar refractivity (Wildman–Crippen MR) is 150 cm³/mol. The zero-order valence-electron chi connectivity index (χ0n) is 21.1. The number of fused-ring (bicyclic) bond motifs is 1. The van der Waals surface area contributed by atoms with Gasteiger partial charge in [0.15, 0.2) is 11.4 Å². The average molecular weight is 618 g/mol. The van der Waals surface area contributed by atoms with Crippen LogP contribution in [0, 0.1) is 0 Å². The van der Waals surface area contributed by atoms with Crippen LogP contribution in [0.5, 0.6) is 5.75 Å². The van der Waals surface area contributed by atoms with Gasteiger partial charge in [0.1, 0.15) is 5.75 Å². The van der Waals surface area contributed by atoms with E-state index in [-0.39, 0.29) is 11.7 Å². The fourth-order valence-electron chi connectivity index (χ4n) is 3.98. The molecule has 0 saturated carbocycles. The molecule has 0 spiro atoms. The third-order valence-electron chi connectivity index (χ3n) is 5.62. The van der Waals surface area contributed by atoms with Gasteiger partial charge in [0.2, 0.25) is 0 Å². The number of nitrogens with zero attached hydrogens (tertiary/aromatic N) is 2. The Morgan fingerprint density at radius 1 is 1.24 bits per heavy atom. The van der Waals surface area contributed by atoms with E-state index in [0.29, 0.717) is 36.4 Å². The Hall–Kier alpha value is -3.15. The number of thioether (sulfide) groups is 1.